The monoisotopic (exact) mass is 1310 g/mol. The molecule has 4 heterocycles. The van der Waals surface area contributed by atoms with Gasteiger partial charge in [0.1, 0.15) is 10.9 Å². The van der Waals surface area contributed by atoms with Crippen molar-refractivity contribution in [3.8, 4) is 0 Å². The number of piperazine rings is 2. The molecule has 85 heavy (non-hydrogen) atoms. The lowest BCUT2D eigenvalue weighted by Crippen LogP contribution is -2.52. The number of halogens is 5. The first-order valence-electron chi connectivity index (χ1n) is 31.4. The number of sulfonamides is 1. The van der Waals surface area contributed by atoms with E-state index in [1.807, 2.05) is 16.9 Å². The molecule has 24 heteroatoms. The van der Waals surface area contributed by atoms with Crippen molar-refractivity contribution >= 4 is 99.7 Å². The lowest BCUT2D eigenvalue weighted by molar-refractivity contribution is -0.136. The number of piperidine rings is 1. The average molecular weight is 1320 g/mol. The molecule has 1 unspecified atom stereocenters. The summed E-state index contributed by atoms with van der Waals surface area (Å²) in [5.74, 6) is -3.07. The Morgan fingerprint density at radius 2 is 1.55 bits per heavy atom. The number of rotatable bonds is 19. The summed E-state index contributed by atoms with van der Waals surface area (Å²) < 4.78 is 175. The summed E-state index contributed by atoms with van der Waals surface area (Å²) in [5.41, 5.74) is -1.56. The zero-order valence-electron chi connectivity index (χ0n) is 54.3. The van der Waals surface area contributed by atoms with Crippen LogP contribution in [0.3, 0.4) is 0 Å². The van der Waals surface area contributed by atoms with E-state index in [1.165, 1.54) is 45.9 Å². The zero-order valence-corrected chi connectivity index (χ0v) is 51.1. The van der Waals surface area contributed by atoms with Crippen molar-refractivity contribution in [3.63, 3.8) is 0 Å². The van der Waals surface area contributed by atoms with Crippen LogP contribution in [0.25, 0.3) is 5.57 Å². The molecule has 3 fully saturated rings. The van der Waals surface area contributed by atoms with E-state index >= 15 is 0 Å². The highest BCUT2D eigenvalue weighted by Crippen LogP contribution is 2.44. The molecule has 1 aliphatic carbocycles. The van der Waals surface area contributed by atoms with Crippen LogP contribution in [0, 0.1) is 5.41 Å². The van der Waals surface area contributed by atoms with Crippen LogP contribution in [0.15, 0.2) is 134 Å². The van der Waals surface area contributed by atoms with Gasteiger partial charge in [0.25, 0.3) is 31.7 Å². The number of nitrogens with one attached hydrogen (secondary N) is 3. The maximum Gasteiger partial charge on any atom is 0.501 e. The summed E-state index contributed by atoms with van der Waals surface area (Å²) in [7, 11) is -11.5. The van der Waals surface area contributed by atoms with Crippen molar-refractivity contribution in [3.05, 3.63) is 152 Å². The molecule has 5 aromatic carbocycles. The molecule has 4 amide bonds. The number of thioether (sulfide) groups is 1. The molecule has 0 bridgehead atoms. The van der Waals surface area contributed by atoms with Crippen LogP contribution in [0.5, 0.6) is 0 Å². The highest BCUT2D eigenvalue weighted by atomic mass is 79.9. The zero-order chi connectivity index (χ0) is 67.6. The van der Waals surface area contributed by atoms with Crippen molar-refractivity contribution < 1.29 is 60.2 Å². The predicted octanol–water partition coefficient (Wildman–Crippen LogP) is 9.84. The number of anilines is 2. The van der Waals surface area contributed by atoms with Gasteiger partial charge in [-0.15, -0.1) is 11.8 Å². The Labute approximate surface area is 523 Å². The summed E-state index contributed by atoms with van der Waals surface area (Å²) in [6.07, 6.45) is 2.50. The van der Waals surface area contributed by atoms with Crippen LogP contribution < -0.4 is 20.3 Å². The fraction of sp³-hybridized carbons (Fsp3) is 0.410. The van der Waals surface area contributed by atoms with Crippen LogP contribution in [-0.4, -0.2) is 149 Å². The van der Waals surface area contributed by atoms with E-state index in [9.17, 15) is 60.2 Å². The van der Waals surface area contributed by atoms with Gasteiger partial charge in [0.2, 0.25) is 11.8 Å². The molecule has 4 aliphatic heterocycles. The van der Waals surface area contributed by atoms with Crippen LogP contribution >= 0.6 is 39.3 Å². The topological polar surface area (TPSA) is 189 Å². The molecule has 3 saturated heterocycles. The number of sulfone groups is 1. The Morgan fingerprint density at radius 3 is 2.24 bits per heavy atom. The van der Waals surface area contributed by atoms with Gasteiger partial charge in [-0.25, -0.2) is 21.6 Å². The van der Waals surface area contributed by atoms with Crippen molar-refractivity contribution in [2.45, 2.75) is 97.7 Å². The van der Waals surface area contributed by atoms with Crippen LogP contribution in [0.2, 0.25) is 5.02 Å². The Hall–Kier alpha value is -5.79. The number of fused-ring (bicyclic) bond motifs is 1. The largest absolute Gasteiger partial charge is 0.501 e. The number of hydrogen-bond donors (Lipinski definition) is 3. The fourth-order valence-electron chi connectivity index (χ4n) is 11.0. The van der Waals surface area contributed by atoms with Crippen molar-refractivity contribution in [2.75, 3.05) is 81.2 Å². The molecule has 0 aromatic heterocycles. The molecule has 0 radical (unpaired) electrons. The first kappa shape index (κ1) is 52.3. The molecule has 2 atom stereocenters. The van der Waals surface area contributed by atoms with E-state index in [4.69, 9.17) is 11.6 Å². The van der Waals surface area contributed by atoms with Gasteiger partial charge in [-0.05, 0) is 133 Å². The third kappa shape index (κ3) is 14.6. The molecule has 0 saturated carbocycles. The van der Waals surface area contributed by atoms with Crippen LogP contribution in [-0.2, 0) is 42.5 Å². The van der Waals surface area contributed by atoms with Crippen LogP contribution in [0.4, 0.5) is 24.5 Å². The number of nitrogens with zero attached hydrogens (tertiary/aromatic N) is 5. The summed E-state index contributed by atoms with van der Waals surface area (Å²) in [5, 5.41) is 5.59. The minimum Gasteiger partial charge on any atom is -0.380 e. The summed E-state index contributed by atoms with van der Waals surface area (Å²) >= 11 is 10.7. The van der Waals surface area contributed by atoms with Gasteiger partial charge in [0.15, 0.2) is 0 Å². The normalized spacial score (nSPS) is 23.4. The Kier molecular flexibility index (Phi) is 15.9. The molecule has 16 nitrogen and oxygen atoms in total. The summed E-state index contributed by atoms with van der Waals surface area (Å²) in [6, 6.07) is 24.6. The minimum atomic E-state index is -6.43. The van der Waals surface area contributed by atoms with E-state index in [1.54, 1.807) is 42.5 Å². The maximum atomic E-state index is 14.7. The molecule has 5 aliphatic rings. The van der Waals surface area contributed by atoms with Gasteiger partial charge >= 0.3 is 5.51 Å². The Balaban J connectivity index is 0.845. The van der Waals surface area contributed by atoms with Crippen molar-refractivity contribution in [2.24, 2.45) is 5.41 Å². The summed E-state index contributed by atoms with van der Waals surface area (Å²) in [6.45, 7) is -7.25. The van der Waals surface area contributed by atoms with Gasteiger partial charge in [0, 0.05) is 139 Å². The van der Waals surface area contributed by atoms with Crippen molar-refractivity contribution in [1.29, 1.82) is 0 Å². The molecular weight excluding hydrogens is 1240 g/mol. The fourth-order valence-corrected chi connectivity index (χ4v) is 14.8. The maximum absolute atomic E-state index is 14.7. The highest BCUT2D eigenvalue weighted by Gasteiger charge is 2.49. The van der Waals surface area contributed by atoms with E-state index < -0.39 is 122 Å². The first-order chi connectivity index (χ1) is 43.4. The van der Waals surface area contributed by atoms with Gasteiger partial charge in [-0.3, -0.25) is 34.3 Å². The number of amides is 4. The van der Waals surface area contributed by atoms with Gasteiger partial charge in [0.05, 0.1) is 10.6 Å². The molecular formula is C61H67BrClF3N8O8S3. The highest BCUT2D eigenvalue weighted by molar-refractivity contribution is 9.10. The third-order valence-corrected chi connectivity index (χ3v) is 21.0. The van der Waals surface area contributed by atoms with Gasteiger partial charge in [-0.1, -0.05) is 83.3 Å². The minimum absolute atomic E-state index is 0.0173. The van der Waals surface area contributed by atoms with E-state index in [2.05, 4.69) is 62.3 Å². The molecule has 5 aromatic rings. The number of carbonyl (C=O) groups excluding carboxylic acids is 4. The van der Waals surface area contributed by atoms with Gasteiger partial charge < -0.3 is 20.0 Å². The number of imide groups is 1. The van der Waals surface area contributed by atoms with Crippen LogP contribution in [0.1, 0.15) is 101 Å². The lowest BCUT2D eigenvalue weighted by Gasteiger charge is -2.39. The summed E-state index contributed by atoms with van der Waals surface area (Å²) in [4.78, 5) is 56.2. The molecule has 0 spiro atoms. The smallest absolute Gasteiger partial charge is 0.380 e. The number of hydrogen-bond acceptors (Lipinski definition) is 14. The Bertz CT molecular complexity index is 3980. The predicted molar refractivity (Wildman–Crippen MR) is 327 cm³/mol. The second-order valence-corrected chi connectivity index (χ2v) is 28.1. The quantitative estimate of drug-likeness (QED) is 0.0523. The van der Waals surface area contributed by atoms with E-state index in [0.29, 0.717) is 38.4 Å². The third-order valence-electron chi connectivity index (χ3n) is 15.7. The standard InChI is InChI=1S/C61H67BrClF3N8O8S3/c1-60(2)24-22-49(40-8-13-44(63)14-9-40)43(35-60)37-72-30-32-73(33-31-72)46-15-10-41(11-16-46)57(76)69-85(81,82)48-17-19-52(54(34-48)84(79,80)61(64,65)66)67-45(39-83-47-6-4-3-5-7-47)23-25-70-26-28-71(29-27-70)36-42-12-18-50-51(56(42)62)38-74(59(50)78)53-20-21-55(75)68-58(53)77/h3-19,34,45,53,67H,20-33,35-39H2,1-2H3,(H,69,76)(H,68,75,77)/t45-,53?/m1/s1/i26D2,27D2,28D2,29D2. The molecule has 452 valence electrons. The lowest BCUT2D eigenvalue weighted by atomic mass is 9.73. The number of carbonyl (C=O) groups is 4. The molecule has 10 rings (SSSR count). The SMILES string of the molecule is [2H]C1([2H])N(CC[C@H](CSc2ccccc2)Nc2ccc(S(=O)(=O)NC(=O)c3ccc(N4CCN(CC5=C(c6ccc(Cl)cc6)CCC(C)(C)C5)CC4)cc3)cc2S(=O)(=O)C(F)(F)F)C([2H])([2H])C([2H])([2H])N(Cc2ccc3c(c2Br)CN(C2CCC(=O)NC2=O)C3=O)C1([2H])[2H]. The number of benzene rings is 5. The second kappa shape index (κ2) is 25.9. The second-order valence-electron chi connectivity index (χ2n) is 22.2. The number of allylic oxidation sites excluding steroid dienone is 1. The van der Waals surface area contributed by atoms with E-state index in [0.717, 1.165) is 68.5 Å². The van der Waals surface area contributed by atoms with Crippen molar-refractivity contribution in [1.82, 2.24) is 29.6 Å². The molecule has 3 N–H and O–H groups in total. The Morgan fingerprint density at radius 1 is 0.859 bits per heavy atom. The first-order valence-corrected chi connectivity index (χ1v) is 32.6. The average Bonchev–Trinajstić information content (AvgIpc) is 1.02. The van der Waals surface area contributed by atoms with E-state index in [-0.39, 0.29) is 57.8 Å². The van der Waals surface area contributed by atoms with Gasteiger partial charge in [-0.2, -0.15) is 13.2 Å². The number of alkyl halides is 3.